The van der Waals surface area contributed by atoms with Crippen LogP contribution >= 0.6 is 56.5 Å². The van der Waals surface area contributed by atoms with Crippen molar-refractivity contribution in [3.8, 4) is 5.75 Å². The van der Waals surface area contributed by atoms with Gasteiger partial charge in [-0.2, -0.15) is 0 Å². The van der Waals surface area contributed by atoms with E-state index in [4.69, 9.17) is 9.47 Å². The van der Waals surface area contributed by atoms with E-state index in [0.717, 1.165) is 23.8 Å². The number of carbonyl (C=O) groups excluding carboxylic acids is 1. The van der Waals surface area contributed by atoms with Gasteiger partial charge in [0.05, 0.1) is 32.0 Å². The molecule has 0 amide bonds. The highest BCUT2D eigenvalue weighted by Crippen LogP contribution is 2.31. The van der Waals surface area contributed by atoms with Crippen LogP contribution in [0.1, 0.15) is 36.6 Å². The van der Waals surface area contributed by atoms with Crippen LogP contribution in [0.2, 0.25) is 0 Å². The first kappa shape index (κ1) is 26.8. The molecule has 1 aliphatic rings. The number of aromatic nitrogens is 1. The van der Waals surface area contributed by atoms with Crippen molar-refractivity contribution in [2.24, 2.45) is 4.99 Å². The van der Waals surface area contributed by atoms with Crippen LogP contribution in [-0.4, -0.2) is 23.8 Å². The predicted molar refractivity (Wildman–Crippen MR) is 159 cm³/mol. The molecule has 2 aromatic carbocycles. The Labute approximate surface area is 240 Å². The third-order valence-corrected chi connectivity index (χ3v) is 7.99. The summed E-state index contributed by atoms with van der Waals surface area (Å²) in [5.41, 5.74) is 3.41. The summed E-state index contributed by atoms with van der Waals surface area (Å²) in [4.78, 5) is 32.0. The lowest BCUT2D eigenvalue weighted by Gasteiger charge is -2.24. The molecule has 36 heavy (non-hydrogen) atoms. The molecular weight excluding hydrogens is 702 g/mol. The van der Waals surface area contributed by atoms with Gasteiger partial charge in [-0.25, -0.2) is 9.79 Å². The highest BCUT2D eigenvalue weighted by Gasteiger charge is 2.33. The fourth-order valence-corrected chi connectivity index (χ4v) is 7.06. The van der Waals surface area contributed by atoms with Crippen LogP contribution in [0.4, 0.5) is 0 Å². The zero-order chi connectivity index (χ0) is 26.0. The molecule has 0 radical (unpaired) electrons. The number of hydrogen-bond acceptors (Lipinski definition) is 6. The minimum absolute atomic E-state index is 0.220. The maximum atomic E-state index is 13.8. The summed E-state index contributed by atoms with van der Waals surface area (Å²) in [6.07, 6.45) is 3.52. The minimum Gasteiger partial charge on any atom is -0.488 e. The van der Waals surface area contributed by atoms with E-state index in [2.05, 4.69) is 56.8 Å². The molecule has 1 atom stereocenters. The van der Waals surface area contributed by atoms with E-state index >= 15 is 0 Å². The number of fused-ring (bicyclic) bond motifs is 1. The molecule has 0 N–H and O–H groups in total. The molecule has 0 bridgehead atoms. The van der Waals surface area contributed by atoms with Crippen LogP contribution in [0.25, 0.3) is 6.08 Å². The molecule has 0 spiro atoms. The topological polar surface area (TPSA) is 69.9 Å². The van der Waals surface area contributed by atoms with Crippen LogP contribution in [0, 0.1) is 14.1 Å². The van der Waals surface area contributed by atoms with Crippen LogP contribution in [0.15, 0.2) is 70.1 Å². The molecule has 2 heterocycles. The highest BCUT2D eigenvalue weighted by molar-refractivity contribution is 14.1. The second-order valence-corrected chi connectivity index (χ2v) is 11.5. The van der Waals surface area contributed by atoms with Crippen molar-refractivity contribution in [3.05, 3.63) is 104 Å². The van der Waals surface area contributed by atoms with Crippen molar-refractivity contribution in [2.45, 2.75) is 26.8 Å². The normalized spacial score (nSPS) is 15.4. The van der Waals surface area contributed by atoms with Gasteiger partial charge in [-0.3, -0.25) is 9.36 Å². The summed E-state index contributed by atoms with van der Waals surface area (Å²) in [5.74, 6) is 0.228. The van der Waals surface area contributed by atoms with Gasteiger partial charge in [0.2, 0.25) is 0 Å². The lowest BCUT2D eigenvalue weighted by Crippen LogP contribution is -2.39. The van der Waals surface area contributed by atoms with Crippen molar-refractivity contribution in [2.75, 3.05) is 13.2 Å². The number of halogens is 2. The molecule has 9 heteroatoms. The monoisotopic (exact) mass is 726 g/mol. The van der Waals surface area contributed by atoms with Crippen molar-refractivity contribution in [1.29, 1.82) is 0 Å². The van der Waals surface area contributed by atoms with Crippen molar-refractivity contribution in [3.63, 3.8) is 0 Å². The number of nitrogens with zero attached hydrogens (tertiary/aromatic N) is 2. The quantitative estimate of drug-likeness (QED) is 0.198. The van der Waals surface area contributed by atoms with Crippen LogP contribution < -0.4 is 19.6 Å². The van der Waals surface area contributed by atoms with Crippen LogP contribution in [0.5, 0.6) is 5.75 Å². The van der Waals surface area contributed by atoms with E-state index in [1.165, 1.54) is 11.3 Å². The Morgan fingerprint density at radius 3 is 2.61 bits per heavy atom. The average Bonchev–Trinajstić information content (AvgIpc) is 3.12. The molecule has 1 aromatic heterocycles. The second-order valence-electron chi connectivity index (χ2n) is 8.12. The van der Waals surface area contributed by atoms with E-state index in [9.17, 15) is 9.59 Å². The van der Waals surface area contributed by atoms with Crippen LogP contribution in [-0.2, 0) is 9.53 Å². The standard InChI is InChI=1S/C27H24I2N2O4S/c1-5-11-35-24-18(12-19(28)14-20(24)29)13-21-25(32)31-23(17-9-7-15(3)8-10-17)22(26(33)34-6-2)16(4)30-27(31)36-21/h5,7-10,12-14,23H,1,6,11H2,2-4H3/b21-13-/t23-/m0/s1. The number of allylic oxidation sites excluding steroid dienone is 1. The van der Waals surface area contributed by atoms with Gasteiger partial charge in [0, 0.05) is 9.13 Å². The summed E-state index contributed by atoms with van der Waals surface area (Å²) in [7, 11) is 0. The number of hydrogen-bond donors (Lipinski definition) is 0. The van der Waals surface area contributed by atoms with Crippen molar-refractivity contribution >= 4 is 68.6 Å². The third kappa shape index (κ3) is 5.37. The van der Waals surface area contributed by atoms with Gasteiger partial charge in [-0.15, -0.1) is 0 Å². The maximum absolute atomic E-state index is 13.8. The van der Waals surface area contributed by atoms with Gasteiger partial charge in [0.25, 0.3) is 5.56 Å². The first-order valence-corrected chi connectivity index (χ1v) is 14.2. The van der Waals surface area contributed by atoms with E-state index in [1.807, 2.05) is 49.4 Å². The minimum atomic E-state index is -0.629. The Kier molecular flexibility index (Phi) is 8.51. The van der Waals surface area contributed by atoms with Gasteiger partial charge in [0.1, 0.15) is 12.4 Å². The zero-order valence-corrected chi connectivity index (χ0v) is 25.1. The number of aryl methyl sites for hydroxylation is 1. The van der Waals surface area contributed by atoms with E-state index in [0.29, 0.717) is 33.0 Å². The Morgan fingerprint density at radius 1 is 1.22 bits per heavy atom. The molecule has 0 aliphatic carbocycles. The first-order valence-electron chi connectivity index (χ1n) is 11.2. The fraction of sp³-hybridized carbons (Fsp3) is 0.222. The van der Waals surface area contributed by atoms with Crippen LogP contribution in [0.3, 0.4) is 0 Å². The summed E-state index contributed by atoms with van der Waals surface area (Å²) in [6, 6.07) is 11.2. The molecule has 0 saturated carbocycles. The number of rotatable bonds is 7. The summed E-state index contributed by atoms with van der Waals surface area (Å²) >= 11 is 5.78. The Bertz CT molecular complexity index is 1550. The zero-order valence-electron chi connectivity index (χ0n) is 20.0. The molecule has 6 nitrogen and oxygen atoms in total. The molecule has 186 valence electrons. The fourth-order valence-electron chi connectivity index (χ4n) is 3.98. The smallest absolute Gasteiger partial charge is 0.338 e. The van der Waals surface area contributed by atoms with E-state index in [1.54, 1.807) is 24.5 Å². The Hall–Kier alpha value is -2.25. The summed E-state index contributed by atoms with van der Waals surface area (Å²) in [5, 5.41) is 0. The Balaban J connectivity index is 1.96. The summed E-state index contributed by atoms with van der Waals surface area (Å²) < 4.78 is 15.4. The molecule has 0 fully saturated rings. The number of thiazole rings is 1. The number of esters is 1. The molecule has 1 aliphatic heterocycles. The van der Waals surface area contributed by atoms with Gasteiger partial charge in [0.15, 0.2) is 4.80 Å². The van der Waals surface area contributed by atoms with E-state index < -0.39 is 12.0 Å². The predicted octanol–water partition coefficient (Wildman–Crippen LogP) is 4.88. The van der Waals surface area contributed by atoms with Crippen molar-refractivity contribution in [1.82, 2.24) is 4.57 Å². The second kappa shape index (κ2) is 11.4. The number of carbonyl (C=O) groups is 1. The maximum Gasteiger partial charge on any atom is 0.338 e. The highest BCUT2D eigenvalue weighted by atomic mass is 127. The number of ether oxygens (including phenoxy) is 2. The molecule has 0 saturated heterocycles. The van der Waals surface area contributed by atoms with Crippen molar-refractivity contribution < 1.29 is 14.3 Å². The molecule has 4 rings (SSSR count). The van der Waals surface area contributed by atoms with Gasteiger partial charge < -0.3 is 9.47 Å². The molecular formula is C27H24I2N2O4S. The largest absolute Gasteiger partial charge is 0.488 e. The molecule has 3 aromatic rings. The third-order valence-electron chi connectivity index (χ3n) is 5.58. The Morgan fingerprint density at radius 2 is 1.94 bits per heavy atom. The SMILES string of the molecule is C=CCOc1c(I)cc(I)cc1/C=c1\sc2n(c1=O)[C@@H](c1ccc(C)cc1)C(C(=O)OCC)=C(C)N=2. The lowest BCUT2D eigenvalue weighted by atomic mass is 9.95. The summed E-state index contributed by atoms with van der Waals surface area (Å²) in [6.45, 7) is 9.87. The van der Waals surface area contributed by atoms with Gasteiger partial charge in [-0.05, 0) is 89.7 Å². The van der Waals surface area contributed by atoms with Gasteiger partial charge in [-0.1, -0.05) is 53.8 Å². The first-order chi connectivity index (χ1) is 17.2. The molecule has 0 unspecified atom stereocenters. The van der Waals surface area contributed by atoms with Gasteiger partial charge >= 0.3 is 5.97 Å². The average molecular weight is 726 g/mol. The lowest BCUT2D eigenvalue weighted by molar-refractivity contribution is -0.139. The number of benzene rings is 2. The van der Waals surface area contributed by atoms with E-state index in [-0.39, 0.29) is 12.2 Å².